The van der Waals surface area contributed by atoms with E-state index in [9.17, 15) is 0 Å². The van der Waals surface area contributed by atoms with Crippen LogP contribution in [0.25, 0.3) is 0 Å². The van der Waals surface area contributed by atoms with Gasteiger partial charge in [-0.3, -0.25) is 9.67 Å². The highest BCUT2D eigenvalue weighted by Crippen LogP contribution is 1.80. The highest BCUT2D eigenvalue weighted by atomic mass is 15.3. The highest BCUT2D eigenvalue weighted by molar-refractivity contribution is 5.77. The summed E-state index contributed by atoms with van der Waals surface area (Å²) >= 11 is 0. The summed E-state index contributed by atoms with van der Waals surface area (Å²) < 4.78 is 1.71. The van der Waals surface area contributed by atoms with Crippen LogP contribution in [0.5, 0.6) is 0 Å². The zero-order chi connectivity index (χ0) is 8.10. The van der Waals surface area contributed by atoms with E-state index in [1.807, 2.05) is 0 Å². The number of nitrogens with two attached hydrogens (primary N) is 1. The van der Waals surface area contributed by atoms with Gasteiger partial charge in [-0.25, -0.2) is 4.98 Å². The monoisotopic (exact) mass is 153 g/mol. The molecule has 0 amide bonds. The SMILES string of the molecule is CC(N)=NCCn1cncn1. The van der Waals surface area contributed by atoms with Crippen LogP contribution in [0, 0.1) is 0 Å². The van der Waals surface area contributed by atoms with Crippen molar-refractivity contribution in [2.75, 3.05) is 6.54 Å². The van der Waals surface area contributed by atoms with Crippen molar-refractivity contribution in [3.05, 3.63) is 12.7 Å². The summed E-state index contributed by atoms with van der Waals surface area (Å²) in [5, 5.41) is 3.91. The lowest BCUT2D eigenvalue weighted by Gasteiger charge is -1.95. The second kappa shape index (κ2) is 3.70. The Bertz CT molecular complexity index is 221. The Kier molecular flexibility index (Phi) is 2.59. The number of hydrogen-bond acceptors (Lipinski definition) is 3. The number of aromatic nitrogens is 3. The van der Waals surface area contributed by atoms with E-state index in [1.54, 1.807) is 17.9 Å². The van der Waals surface area contributed by atoms with E-state index in [4.69, 9.17) is 5.73 Å². The van der Waals surface area contributed by atoms with Crippen LogP contribution in [0.2, 0.25) is 0 Å². The molecule has 60 valence electrons. The van der Waals surface area contributed by atoms with Gasteiger partial charge in [0.2, 0.25) is 0 Å². The summed E-state index contributed by atoms with van der Waals surface area (Å²) in [7, 11) is 0. The van der Waals surface area contributed by atoms with E-state index in [2.05, 4.69) is 15.1 Å². The lowest BCUT2D eigenvalue weighted by molar-refractivity contribution is 0.624. The first-order valence-electron chi connectivity index (χ1n) is 3.38. The van der Waals surface area contributed by atoms with Gasteiger partial charge >= 0.3 is 0 Å². The second-order valence-corrected chi connectivity index (χ2v) is 2.18. The molecule has 0 radical (unpaired) electrons. The minimum absolute atomic E-state index is 0.602. The van der Waals surface area contributed by atoms with Crippen molar-refractivity contribution in [2.45, 2.75) is 13.5 Å². The highest BCUT2D eigenvalue weighted by Gasteiger charge is 1.87. The molecule has 1 aromatic heterocycles. The zero-order valence-electron chi connectivity index (χ0n) is 6.44. The molecule has 0 saturated heterocycles. The van der Waals surface area contributed by atoms with E-state index in [0.717, 1.165) is 6.54 Å². The van der Waals surface area contributed by atoms with Gasteiger partial charge < -0.3 is 5.73 Å². The molecule has 1 aromatic rings. The molecular weight excluding hydrogens is 142 g/mol. The van der Waals surface area contributed by atoms with Crippen molar-refractivity contribution in [1.82, 2.24) is 14.8 Å². The Labute approximate surface area is 65.0 Å². The van der Waals surface area contributed by atoms with Crippen molar-refractivity contribution >= 4 is 5.84 Å². The van der Waals surface area contributed by atoms with Gasteiger partial charge in [0, 0.05) is 0 Å². The molecule has 0 fully saturated rings. The lowest BCUT2D eigenvalue weighted by Crippen LogP contribution is -2.09. The number of hydrogen-bond donors (Lipinski definition) is 1. The molecule has 0 bridgehead atoms. The number of amidine groups is 1. The van der Waals surface area contributed by atoms with Crippen molar-refractivity contribution < 1.29 is 0 Å². The van der Waals surface area contributed by atoms with Gasteiger partial charge in [-0.05, 0) is 6.92 Å². The normalized spacial score (nSPS) is 11.9. The lowest BCUT2D eigenvalue weighted by atomic mass is 10.6. The molecule has 0 saturated carbocycles. The molecule has 1 heterocycles. The first-order chi connectivity index (χ1) is 5.29. The van der Waals surface area contributed by atoms with Crippen LogP contribution in [-0.2, 0) is 6.54 Å². The fourth-order valence-electron chi connectivity index (χ4n) is 0.677. The average Bonchev–Trinajstić information content (AvgIpc) is 2.39. The third kappa shape index (κ3) is 2.79. The van der Waals surface area contributed by atoms with Crippen LogP contribution in [0.4, 0.5) is 0 Å². The molecule has 0 aliphatic carbocycles. The predicted molar refractivity (Wildman–Crippen MR) is 42.2 cm³/mol. The molecule has 2 N–H and O–H groups in total. The molecule has 0 atom stereocenters. The van der Waals surface area contributed by atoms with Gasteiger partial charge in [0.15, 0.2) is 0 Å². The summed E-state index contributed by atoms with van der Waals surface area (Å²) in [6, 6.07) is 0. The van der Waals surface area contributed by atoms with Crippen LogP contribution in [0.3, 0.4) is 0 Å². The second-order valence-electron chi connectivity index (χ2n) is 2.18. The Morgan fingerprint density at radius 3 is 3.09 bits per heavy atom. The summed E-state index contributed by atoms with van der Waals surface area (Å²) in [5.74, 6) is 0.602. The van der Waals surface area contributed by atoms with E-state index in [0.29, 0.717) is 12.4 Å². The average molecular weight is 153 g/mol. The maximum Gasteiger partial charge on any atom is 0.137 e. The van der Waals surface area contributed by atoms with Crippen LogP contribution < -0.4 is 5.73 Å². The maximum absolute atomic E-state index is 5.34. The number of aliphatic imine (C=N–C) groups is 1. The number of rotatable bonds is 3. The van der Waals surface area contributed by atoms with Crippen molar-refractivity contribution in [1.29, 1.82) is 0 Å². The van der Waals surface area contributed by atoms with Crippen molar-refractivity contribution in [2.24, 2.45) is 10.7 Å². The smallest absolute Gasteiger partial charge is 0.137 e. The molecule has 0 aromatic carbocycles. The molecule has 0 unspecified atom stereocenters. The maximum atomic E-state index is 5.34. The Morgan fingerprint density at radius 1 is 1.73 bits per heavy atom. The summed E-state index contributed by atoms with van der Waals surface area (Å²) in [6.07, 6.45) is 3.15. The van der Waals surface area contributed by atoms with Crippen molar-refractivity contribution in [3.8, 4) is 0 Å². The minimum Gasteiger partial charge on any atom is -0.388 e. The van der Waals surface area contributed by atoms with Crippen LogP contribution in [-0.4, -0.2) is 27.1 Å². The van der Waals surface area contributed by atoms with Crippen LogP contribution >= 0.6 is 0 Å². The predicted octanol–water partition coefficient (Wildman–Crippen LogP) is -0.345. The summed E-state index contributed by atoms with van der Waals surface area (Å²) in [5.41, 5.74) is 5.34. The quantitative estimate of drug-likeness (QED) is 0.477. The fraction of sp³-hybridized carbons (Fsp3) is 0.500. The van der Waals surface area contributed by atoms with Crippen LogP contribution in [0.15, 0.2) is 17.6 Å². The summed E-state index contributed by atoms with van der Waals surface area (Å²) in [4.78, 5) is 7.80. The first kappa shape index (κ1) is 7.71. The van der Waals surface area contributed by atoms with Crippen molar-refractivity contribution in [3.63, 3.8) is 0 Å². The Morgan fingerprint density at radius 2 is 2.55 bits per heavy atom. The van der Waals surface area contributed by atoms with Crippen LogP contribution in [0.1, 0.15) is 6.92 Å². The minimum atomic E-state index is 0.602. The Hall–Kier alpha value is -1.39. The Balaban J connectivity index is 2.30. The molecule has 5 heteroatoms. The fourth-order valence-corrected chi connectivity index (χ4v) is 0.677. The summed E-state index contributed by atoms with van der Waals surface area (Å²) in [6.45, 7) is 3.15. The van der Waals surface area contributed by atoms with Gasteiger partial charge in [-0.1, -0.05) is 0 Å². The molecular formula is C6H11N5. The zero-order valence-corrected chi connectivity index (χ0v) is 6.44. The van der Waals surface area contributed by atoms with Gasteiger partial charge in [0.05, 0.1) is 18.9 Å². The van der Waals surface area contributed by atoms with Gasteiger partial charge in [0.25, 0.3) is 0 Å². The molecule has 11 heavy (non-hydrogen) atoms. The molecule has 5 nitrogen and oxygen atoms in total. The van der Waals surface area contributed by atoms with E-state index < -0.39 is 0 Å². The molecule has 0 aliphatic rings. The van der Waals surface area contributed by atoms with E-state index >= 15 is 0 Å². The van der Waals surface area contributed by atoms with Gasteiger partial charge in [-0.15, -0.1) is 0 Å². The molecule has 0 spiro atoms. The van der Waals surface area contributed by atoms with Gasteiger partial charge in [-0.2, -0.15) is 5.10 Å². The van der Waals surface area contributed by atoms with E-state index in [1.165, 1.54) is 6.33 Å². The van der Waals surface area contributed by atoms with Gasteiger partial charge in [0.1, 0.15) is 12.7 Å². The third-order valence-electron chi connectivity index (χ3n) is 1.16. The molecule has 0 aliphatic heterocycles. The topological polar surface area (TPSA) is 69.1 Å². The molecule has 1 rings (SSSR count). The van der Waals surface area contributed by atoms with E-state index in [-0.39, 0.29) is 0 Å². The first-order valence-corrected chi connectivity index (χ1v) is 3.38. The third-order valence-corrected chi connectivity index (χ3v) is 1.16. The standard InChI is InChI=1S/C6H11N5/c1-6(7)9-2-3-11-5-8-4-10-11/h4-5H,2-3H2,1H3,(H2,7,9). The largest absolute Gasteiger partial charge is 0.388 e. The number of nitrogens with zero attached hydrogens (tertiary/aromatic N) is 4.